The second kappa shape index (κ2) is 6.92. The molecule has 1 fully saturated rings. The number of aromatic hydroxyl groups is 1. The van der Waals surface area contributed by atoms with Crippen LogP contribution in [-0.4, -0.2) is 27.6 Å². The molecule has 0 spiro atoms. The summed E-state index contributed by atoms with van der Waals surface area (Å²) < 4.78 is 46.2. The van der Waals surface area contributed by atoms with Crippen molar-refractivity contribution in [3.8, 4) is 22.8 Å². The van der Waals surface area contributed by atoms with Crippen molar-refractivity contribution in [2.75, 3.05) is 12.4 Å². The van der Waals surface area contributed by atoms with E-state index in [0.29, 0.717) is 28.5 Å². The molecule has 5 nitrogen and oxygen atoms in total. The number of halogens is 3. The smallest absolute Gasteiger partial charge is 0.417 e. The van der Waals surface area contributed by atoms with Crippen molar-refractivity contribution in [1.82, 2.24) is 9.38 Å². The maximum atomic E-state index is 13.2. The van der Waals surface area contributed by atoms with E-state index < -0.39 is 11.7 Å². The first-order valence-corrected chi connectivity index (χ1v) is 9.10. The molecule has 2 N–H and O–H groups in total. The number of phenols is 1. The Morgan fingerprint density at radius 1 is 1.18 bits per heavy atom. The lowest BCUT2D eigenvalue weighted by atomic mass is 10.1. The van der Waals surface area contributed by atoms with Gasteiger partial charge in [0.25, 0.3) is 0 Å². The minimum atomic E-state index is -4.44. The topological polar surface area (TPSA) is 58.8 Å². The van der Waals surface area contributed by atoms with Crippen molar-refractivity contribution < 1.29 is 23.0 Å². The Hall–Kier alpha value is -2.90. The van der Waals surface area contributed by atoms with Crippen LogP contribution in [0.2, 0.25) is 0 Å². The van der Waals surface area contributed by atoms with Crippen molar-refractivity contribution in [3.63, 3.8) is 0 Å². The highest BCUT2D eigenvalue weighted by atomic mass is 19.4. The molecule has 1 aliphatic carbocycles. The van der Waals surface area contributed by atoms with Crippen molar-refractivity contribution in [3.05, 3.63) is 42.1 Å². The second-order valence-electron chi connectivity index (χ2n) is 6.97. The van der Waals surface area contributed by atoms with Crippen LogP contribution < -0.4 is 10.1 Å². The predicted octanol–water partition coefficient (Wildman–Crippen LogP) is 5.09. The average Bonchev–Trinajstić information content (AvgIpc) is 3.29. The van der Waals surface area contributed by atoms with Gasteiger partial charge in [0.15, 0.2) is 11.5 Å². The molecule has 4 rings (SSSR count). The third-order valence-electron chi connectivity index (χ3n) is 5.09. The highest BCUT2D eigenvalue weighted by Gasteiger charge is 2.32. The third-order valence-corrected chi connectivity index (χ3v) is 5.09. The van der Waals surface area contributed by atoms with Crippen LogP contribution >= 0.6 is 0 Å². The molecule has 8 heteroatoms. The summed E-state index contributed by atoms with van der Waals surface area (Å²) in [7, 11) is 1.45. The van der Waals surface area contributed by atoms with Crippen LogP contribution in [0.15, 0.2) is 36.5 Å². The number of anilines is 1. The van der Waals surface area contributed by atoms with Crippen molar-refractivity contribution in [1.29, 1.82) is 0 Å². The average molecular weight is 391 g/mol. The Kier molecular flexibility index (Phi) is 4.56. The number of rotatable bonds is 4. The molecule has 1 saturated carbocycles. The van der Waals surface area contributed by atoms with Gasteiger partial charge in [-0.15, -0.1) is 0 Å². The highest BCUT2D eigenvalue weighted by Crippen LogP contribution is 2.37. The molecular formula is C20H20F3N3O2. The first-order chi connectivity index (χ1) is 13.4. The number of fused-ring (bicyclic) bond motifs is 1. The maximum absolute atomic E-state index is 13.2. The summed E-state index contributed by atoms with van der Waals surface area (Å²) in [4.78, 5) is 4.53. The zero-order chi connectivity index (χ0) is 19.9. The molecule has 0 saturated heterocycles. The monoisotopic (exact) mass is 391 g/mol. The van der Waals surface area contributed by atoms with Gasteiger partial charge in [-0.2, -0.15) is 13.2 Å². The van der Waals surface area contributed by atoms with Gasteiger partial charge in [0, 0.05) is 17.8 Å². The van der Waals surface area contributed by atoms with E-state index in [1.165, 1.54) is 23.6 Å². The summed E-state index contributed by atoms with van der Waals surface area (Å²) in [6.07, 6.45) is 0.703. The summed E-state index contributed by atoms with van der Waals surface area (Å²) in [6.45, 7) is 0. The lowest BCUT2D eigenvalue weighted by Crippen LogP contribution is -2.17. The number of imidazole rings is 1. The number of ether oxygens (including phenoxy) is 1. The van der Waals surface area contributed by atoms with E-state index in [1.807, 2.05) is 0 Å². The minimum absolute atomic E-state index is 0.0557. The fourth-order valence-corrected chi connectivity index (χ4v) is 3.65. The van der Waals surface area contributed by atoms with Crippen LogP contribution in [0, 0.1) is 0 Å². The van der Waals surface area contributed by atoms with Gasteiger partial charge in [0.05, 0.1) is 12.7 Å². The zero-order valence-electron chi connectivity index (χ0n) is 15.3. The van der Waals surface area contributed by atoms with E-state index in [2.05, 4.69) is 10.3 Å². The van der Waals surface area contributed by atoms with Gasteiger partial charge < -0.3 is 15.2 Å². The van der Waals surface area contributed by atoms with Crippen LogP contribution in [0.25, 0.3) is 16.9 Å². The molecule has 0 radical (unpaired) electrons. The molecule has 148 valence electrons. The molecule has 0 amide bonds. The molecule has 1 aliphatic rings. The van der Waals surface area contributed by atoms with Crippen LogP contribution in [0.5, 0.6) is 11.5 Å². The number of nitrogens with zero attached hydrogens (tertiary/aromatic N) is 2. The molecule has 1 aromatic carbocycles. The van der Waals surface area contributed by atoms with Gasteiger partial charge >= 0.3 is 6.18 Å². The van der Waals surface area contributed by atoms with Crippen molar-refractivity contribution in [2.45, 2.75) is 37.9 Å². The third kappa shape index (κ3) is 3.34. The molecule has 3 aromatic rings. The summed E-state index contributed by atoms with van der Waals surface area (Å²) in [5.41, 5.74) is 0.745. The van der Waals surface area contributed by atoms with Gasteiger partial charge in [-0.25, -0.2) is 4.98 Å². The molecule has 0 aliphatic heterocycles. The Bertz CT molecular complexity index is 1010. The van der Waals surface area contributed by atoms with Crippen LogP contribution in [0.3, 0.4) is 0 Å². The molecule has 0 bridgehead atoms. The zero-order valence-corrected chi connectivity index (χ0v) is 15.3. The number of hydrogen-bond acceptors (Lipinski definition) is 4. The maximum Gasteiger partial charge on any atom is 0.417 e. The Morgan fingerprint density at radius 3 is 2.57 bits per heavy atom. The summed E-state index contributed by atoms with van der Waals surface area (Å²) >= 11 is 0. The quantitative estimate of drug-likeness (QED) is 0.651. The molecule has 2 aromatic heterocycles. The fraction of sp³-hybridized carbons (Fsp3) is 0.350. The first-order valence-electron chi connectivity index (χ1n) is 9.10. The van der Waals surface area contributed by atoms with Gasteiger partial charge in [-0.1, -0.05) is 12.8 Å². The second-order valence-corrected chi connectivity index (χ2v) is 6.97. The predicted molar refractivity (Wildman–Crippen MR) is 99.7 cm³/mol. The SMILES string of the molecule is COc1ccc(-c2nc3ccc(C(F)(F)F)cn3c2NC2CCCC2)cc1O. The van der Waals surface area contributed by atoms with E-state index in [4.69, 9.17) is 4.74 Å². The Labute approximate surface area is 159 Å². The van der Waals surface area contributed by atoms with Gasteiger partial charge in [0.2, 0.25) is 0 Å². The number of phenolic OH excluding ortho intramolecular Hbond substituents is 1. The first kappa shape index (κ1) is 18.5. The molecular weight excluding hydrogens is 371 g/mol. The Balaban J connectivity index is 1.87. The number of benzene rings is 1. The molecule has 0 atom stereocenters. The summed E-state index contributed by atoms with van der Waals surface area (Å²) in [5.74, 6) is 0.759. The number of hydrogen-bond donors (Lipinski definition) is 2. The molecule has 2 heterocycles. The van der Waals surface area contributed by atoms with Crippen molar-refractivity contribution in [2.24, 2.45) is 0 Å². The molecule has 28 heavy (non-hydrogen) atoms. The van der Waals surface area contributed by atoms with Gasteiger partial charge in [-0.05, 0) is 43.2 Å². The lowest BCUT2D eigenvalue weighted by Gasteiger charge is -2.16. The summed E-state index contributed by atoms with van der Waals surface area (Å²) in [5, 5.41) is 13.5. The van der Waals surface area contributed by atoms with Gasteiger partial charge in [0.1, 0.15) is 17.2 Å². The van der Waals surface area contributed by atoms with Crippen molar-refractivity contribution >= 4 is 11.5 Å². The van der Waals surface area contributed by atoms with E-state index in [-0.39, 0.29) is 11.8 Å². The van der Waals surface area contributed by atoms with E-state index in [1.54, 1.807) is 12.1 Å². The van der Waals surface area contributed by atoms with Crippen LogP contribution in [0.4, 0.5) is 19.0 Å². The fourth-order valence-electron chi connectivity index (χ4n) is 3.65. The highest BCUT2D eigenvalue weighted by molar-refractivity contribution is 5.78. The van der Waals surface area contributed by atoms with Gasteiger partial charge in [-0.3, -0.25) is 4.40 Å². The summed E-state index contributed by atoms with van der Waals surface area (Å²) in [6, 6.07) is 7.40. The Morgan fingerprint density at radius 2 is 1.93 bits per heavy atom. The van der Waals surface area contributed by atoms with E-state index in [9.17, 15) is 18.3 Å². The lowest BCUT2D eigenvalue weighted by molar-refractivity contribution is -0.137. The van der Waals surface area contributed by atoms with E-state index in [0.717, 1.165) is 37.9 Å². The van der Waals surface area contributed by atoms with Crippen LogP contribution in [-0.2, 0) is 6.18 Å². The largest absolute Gasteiger partial charge is 0.504 e. The molecule has 0 unspecified atom stereocenters. The number of aromatic nitrogens is 2. The number of alkyl halides is 3. The minimum Gasteiger partial charge on any atom is -0.504 e. The number of methoxy groups -OCH3 is 1. The van der Waals surface area contributed by atoms with Crippen LogP contribution in [0.1, 0.15) is 31.2 Å². The number of nitrogens with one attached hydrogen (secondary N) is 1. The van der Waals surface area contributed by atoms with E-state index >= 15 is 0 Å². The number of pyridine rings is 1. The normalized spacial score (nSPS) is 15.3. The standard InChI is InChI=1S/C20H20F3N3O2/c1-28-16-8-6-12(10-15(16)27)18-19(24-14-4-2-3-5-14)26-11-13(20(21,22)23)7-9-17(26)25-18/h6-11,14,24,27H,2-5H2,1H3.